The number of anilines is 1. The number of aromatic nitrogens is 3. The van der Waals surface area contributed by atoms with Crippen molar-refractivity contribution in [2.45, 2.75) is 60.5 Å². The van der Waals surface area contributed by atoms with E-state index in [2.05, 4.69) is 27.6 Å². The maximum absolute atomic E-state index is 13.2. The topological polar surface area (TPSA) is 91.8 Å². The molecule has 0 radical (unpaired) electrons. The highest BCUT2D eigenvalue weighted by molar-refractivity contribution is 6.12. The van der Waals surface area contributed by atoms with Gasteiger partial charge >= 0.3 is 0 Å². The van der Waals surface area contributed by atoms with Crippen LogP contribution >= 0.6 is 0 Å². The predicted octanol–water partition coefficient (Wildman–Crippen LogP) is 4.15. The third-order valence-corrected chi connectivity index (χ3v) is 5.28. The second-order valence-corrected chi connectivity index (χ2v) is 7.44. The minimum Gasteiger partial charge on any atom is -0.349 e. The van der Waals surface area contributed by atoms with Crippen molar-refractivity contribution in [3.8, 4) is 0 Å². The molecular weight excluding hydrogens is 366 g/mol. The maximum atomic E-state index is 13.2. The van der Waals surface area contributed by atoms with Crippen molar-refractivity contribution in [1.29, 1.82) is 0 Å². The monoisotopic (exact) mass is 395 g/mol. The normalized spacial score (nSPS) is 12.2. The summed E-state index contributed by atoms with van der Waals surface area (Å²) in [6, 6.07) is 5.69. The fourth-order valence-corrected chi connectivity index (χ4v) is 3.91. The molecule has 1 atom stereocenters. The average molecular weight is 396 g/mol. The maximum Gasteiger partial charge on any atom is 0.270 e. The third kappa shape index (κ3) is 3.90. The first-order valence-corrected chi connectivity index (χ1v) is 10.0. The van der Waals surface area contributed by atoms with Crippen LogP contribution in [0.3, 0.4) is 0 Å². The van der Waals surface area contributed by atoms with Gasteiger partial charge in [-0.3, -0.25) is 14.3 Å². The number of aromatic amines is 1. The Labute approximate surface area is 170 Å². The van der Waals surface area contributed by atoms with E-state index < -0.39 is 0 Å². The number of carbonyl (C=O) groups is 2. The number of aryl methyl sites for hydroxylation is 3. The number of hydrogen-bond acceptors (Lipinski definition) is 3. The predicted molar refractivity (Wildman–Crippen MR) is 115 cm³/mol. The van der Waals surface area contributed by atoms with Gasteiger partial charge in [0.2, 0.25) is 5.91 Å². The number of H-pyrrole nitrogens is 1. The van der Waals surface area contributed by atoms with Gasteiger partial charge in [0, 0.05) is 35.6 Å². The summed E-state index contributed by atoms with van der Waals surface area (Å²) in [5.41, 5.74) is 5.77. The largest absolute Gasteiger partial charge is 0.349 e. The zero-order valence-corrected chi connectivity index (χ0v) is 17.9. The Bertz CT molecular complexity index is 1080. The first-order chi connectivity index (χ1) is 13.8. The van der Waals surface area contributed by atoms with Gasteiger partial charge in [0.05, 0.1) is 17.4 Å². The van der Waals surface area contributed by atoms with Crippen LogP contribution in [0.4, 0.5) is 5.69 Å². The molecule has 29 heavy (non-hydrogen) atoms. The molecule has 0 aliphatic carbocycles. The van der Waals surface area contributed by atoms with E-state index in [0.717, 1.165) is 46.4 Å². The Morgan fingerprint density at radius 1 is 1.21 bits per heavy atom. The van der Waals surface area contributed by atoms with Crippen LogP contribution < -0.4 is 10.6 Å². The molecule has 1 aromatic carbocycles. The molecule has 0 spiro atoms. The van der Waals surface area contributed by atoms with Crippen LogP contribution in [0.15, 0.2) is 18.2 Å². The van der Waals surface area contributed by atoms with E-state index in [1.807, 2.05) is 50.6 Å². The van der Waals surface area contributed by atoms with Crippen molar-refractivity contribution in [3.05, 3.63) is 46.4 Å². The molecule has 0 saturated carbocycles. The summed E-state index contributed by atoms with van der Waals surface area (Å²) in [5, 5.41) is 11.4. The molecule has 0 aliphatic heterocycles. The minimum atomic E-state index is -0.252. The standard InChI is InChI=1S/C22H29N5O2/c1-7-17(19-13(4)26-27(8-2)14(19)5)25-22(29)21-20(23-15(6)28)16-11-12(3)9-10-18(16)24-21/h9-11,17,24H,7-8H2,1-6H3,(H,23,28)(H,25,29). The first-order valence-electron chi connectivity index (χ1n) is 10.0. The summed E-state index contributed by atoms with van der Waals surface area (Å²) < 4.78 is 1.95. The third-order valence-electron chi connectivity index (χ3n) is 5.28. The van der Waals surface area contributed by atoms with Crippen LogP contribution in [0.1, 0.15) is 66.2 Å². The van der Waals surface area contributed by atoms with Crippen molar-refractivity contribution in [2.24, 2.45) is 0 Å². The van der Waals surface area contributed by atoms with E-state index >= 15 is 0 Å². The molecule has 2 heterocycles. The fraction of sp³-hybridized carbons (Fsp3) is 0.409. The van der Waals surface area contributed by atoms with Crippen LogP contribution in [-0.2, 0) is 11.3 Å². The summed E-state index contributed by atoms with van der Waals surface area (Å²) in [7, 11) is 0. The lowest BCUT2D eigenvalue weighted by atomic mass is 10.0. The van der Waals surface area contributed by atoms with Gasteiger partial charge in [0.25, 0.3) is 5.91 Å². The van der Waals surface area contributed by atoms with Crippen LogP contribution in [0.25, 0.3) is 10.9 Å². The lowest BCUT2D eigenvalue weighted by Crippen LogP contribution is -2.30. The Morgan fingerprint density at radius 2 is 1.93 bits per heavy atom. The van der Waals surface area contributed by atoms with Crippen LogP contribution in [0, 0.1) is 20.8 Å². The van der Waals surface area contributed by atoms with Crippen molar-refractivity contribution in [3.63, 3.8) is 0 Å². The van der Waals surface area contributed by atoms with E-state index in [1.54, 1.807) is 0 Å². The Hall–Kier alpha value is -3.09. The van der Waals surface area contributed by atoms with Crippen molar-refractivity contribution < 1.29 is 9.59 Å². The van der Waals surface area contributed by atoms with Crippen molar-refractivity contribution in [1.82, 2.24) is 20.1 Å². The first kappa shape index (κ1) is 20.6. The van der Waals surface area contributed by atoms with Crippen LogP contribution in [0.5, 0.6) is 0 Å². The van der Waals surface area contributed by atoms with Gasteiger partial charge < -0.3 is 15.6 Å². The van der Waals surface area contributed by atoms with E-state index in [1.165, 1.54) is 6.92 Å². The highest BCUT2D eigenvalue weighted by Gasteiger charge is 2.25. The molecule has 2 amide bonds. The Balaban J connectivity index is 2.00. The van der Waals surface area contributed by atoms with E-state index in [0.29, 0.717) is 11.4 Å². The van der Waals surface area contributed by atoms with E-state index in [9.17, 15) is 9.59 Å². The number of nitrogens with one attached hydrogen (secondary N) is 3. The molecule has 0 fully saturated rings. The lowest BCUT2D eigenvalue weighted by molar-refractivity contribution is -0.114. The smallest absolute Gasteiger partial charge is 0.270 e. The lowest BCUT2D eigenvalue weighted by Gasteiger charge is -2.18. The van der Waals surface area contributed by atoms with Crippen molar-refractivity contribution >= 4 is 28.4 Å². The molecule has 1 unspecified atom stereocenters. The number of amides is 2. The fourth-order valence-electron chi connectivity index (χ4n) is 3.91. The molecular formula is C22H29N5O2. The van der Waals surface area contributed by atoms with Crippen molar-refractivity contribution in [2.75, 3.05) is 5.32 Å². The zero-order valence-electron chi connectivity index (χ0n) is 17.9. The molecule has 0 bridgehead atoms. The molecule has 3 N–H and O–H groups in total. The number of hydrogen-bond donors (Lipinski definition) is 3. The van der Waals surface area contributed by atoms with Gasteiger partial charge in [0.1, 0.15) is 5.69 Å². The van der Waals surface area contributed by atoms with Gasteiger partial charge in [0.15, 0.2) is 0 Å². The molecule has 154 valence electrons. The number of benzene rings is 1. The number of fused-ring (bicyclic) bond motifs is 1. The summed E-state index contributed by atoms with van der Waals surface area (Å²) in [6.45, 7) is 12.3. The number of nitrogens with zero attached hydrogens (tertiary/aromatic N) is 2. The Kier molecular flexibility index (Phi) is 5.77. The molecule has 2 aromatic heterocycles. The molecule has 0 saturated heterocycles. The second kappa shape index (κ2) is 8.11. The quantitative estimate of drug-likeness (QED) is 0.585. The highest BCUT2D eigenvalue weighted by atomic mass is 16.2. The van der Waals surface area contributed by atoms with Gasteiger partial charge in [-0.25, -0.2) is 0 Å². The van der Waals surface area contributed by atoms with E-state index in [4.69, 9.17) is 0 Å². The summed E-state index contributed by atoms with van der Waals surface area (Å²) in [5.74, 6) is -0.470. The zero-order chi connectivity index (χ0) is 21.3. The van der Waals surface area contributed by atoms with Gasteiger partial charge in [-0.2, -0.15) is 5.10 Å². The number of rotatable bonds is 6. The molecule has 7 nitrogen and oxygen atoms in total. The summed E-state index contributed by atoms with van der Waals surface area (Å²) >= 11 is 0. The molecule has 3 rings (SSSR count). The SMILES string of the molecule is CCC(NC(=O)c1[nH]c2ccc(C)cc2c1NC(C)=O)c1c(C)nn(CC)c1C. The second-order valence-electron chi connectivity index (χ2n) is 7.44. The van der Waals surface area contributed by atoms with Gasteiger partial charge in [-0.15, -0.1) is 0 Å². The van der Waals surface area contributed by atoms with Gasteiger partial charge in [-0.1, -0.05) is 18.6 Å². The number of carbonyl (C=O) groups excluding carboxylic acids is 2. The van der Waals surface area contributed by atoms with Crippen LogP contribution in [-0.4, -0.2) is 26.6 Å². The Morgan fingerprint density at radius 3 is 2.52 bits per heavy atom. The van der Waals surface area contributed by atoms with Gasteiger partial charge in [-0.05, 0) is 46.2 Å². The van der Waals surface area contributed by atoms with E-state index in [-0.39, 0.29) is 17.9 Å². The van der Waals surface area contributed by atoms with Crippen LogP contribution in [0.2, 0.25) is 0 Å². The average Bonchev–Trinajstić information content (AvgIpc) is 3.16. The molecule has 0 aliphatic rings. The molecule has 7 heteroatoms. The summed E-state index contributed by atoms with van der Waals surface area (Å²) in [6.07, 6.45) is 0.734. The summed E-state index contributed by atoms with van der Waals surface area (Å²) in [4.78, 5) is 28.2. The highest BCUT2D eigenvalue weighted by Crippen LogP contribution is 2.30. The molecule has 3 aromatic rings. The minimum absolute atomic E-state index is 0.166.